The van der Waals surface area contributed by atoms with Crippen LogP contribution >= 0.6 is 0 Å². The van der Waals surface area contributed by atoms with E-state index < -0.39 is 30.8 Å². The Morgan fingerprint density at radius 3 is 2.77 bits per heavy atom. The van der Waals surface area contributed by atoms with Crippen LogP contribution in [-0.4, -0.2) is 49.9 Å². The summed E-state index contributed by atoms with van der Waals surface area (Å²) in [7, 11) is 0. The van der Waals surface area contributed by atoms with Crippen molar-refractivity contribution in [2.75, 3.05) is 31.7 Å². The number of benzene rings is 2. The number of Topliss-reactive ketones (excluding diaryl/α,β-unsaturated/α-hetero) is 1. The number of fused-ring (bicyclic) bond motifs is 1. The Hall–Kier alpha value is -3.88. The van der Waals surface area contributed by atoms with Gasteiger partial charge >= 0.3 is 5.97 Å². The summed E-state index contributed by atoms with van der Waals surface area (Å²) in [5.41, 5.74) is 0.923. The molecular formula is C21H20N2O7. The summed E-state index contributed by atoms with van der Waals surface area (Å²) in [4.78, 5) is 47.8. The first-order valence-electron chi connectivity index (χ1n) is 9.23. The summed E-state index contributed by atoms with van der Waals surface area (Å²) in [6.07, 6.45) is 0. The molecular weight excluding hydrogens is 392 g/mol. The van der Waals surface area contributed by atoms with Gasteiger partial charge in [-0.05, 0) is 37.3 Å². The summed E-state index contributed by atoms with van der Waals surface area (Å²) in [6.45, 7) is 1.21. The van der Waals surface area contributed by atoms with Gasteiger partial charge in [0, 0.05) is 5.56 Å². The molecule has 2 amide bonds. The van der Waals surface area contributed by atoms with E-state index in [4.69, 9.17) is 14.2 Å². The fourth-order valence-corrected chi connectivity index (χ4v) is 2.72. The zero-order chi connectivity index (χ0) is 21.5. The first-order valence-corrected chi connectivity index (χ1v) is 9.23. The Bertz CT molecular complexity index is 987. The molecule has 0 atom stereocenters. The molecule has 0 bridgehead atoms. The Labute approximate surface area is 172 Å². The lowest BCUT2D eigenvalue weighted by atomic mass is 10.1. The van der Waals surface area contributed by atoms with Crippen LogP contribution in [0.2, 0.25) is 0 Å². The molecule has 30 heavy (non-hydrogen) atoms. The Kier molecular flexibility index (Phi) is 6.63. The van der Waals surface area contributed by atoms with Gasteiger partial charge in [0.2, 0.25) is 0 Å². The predicted molar refractivity (Wildman–Crippen MR) is 106 cm³/mol. The smallest absolute Gasteiger partial charge is 0.325 e. The van der Waals surface area contributed by atoms with Gasteiger partial charge in [0.05, 0.1) is 17.9 Å². The van der Waals surface area contributed by atoms with Crippen LogP contribution in [0.4, 0.5) is 5.69 Å². The number of carbonyl (C=O) groups excluding carboxylic acids is 4. The van der Waals surface area contributed by atoms with Crippen molar-refractivity contribution in [1.82, 2.24) is 5.32 Å². The third-order valence-corrected chi connectivity index (χ3v) is 4.12. The number of ketones is 1. The third-order valence-electron chi connectivity index (χ3n) is 4.12. The summed E-state index contributed by atoms with van der Waals surface area (Å²) >= 11 is 0. The van der Waals surface area contributed by atoms with Gasteiger partial charge in [0.25, 0.3) is 11.8 Å². The molecule has 0 saturated carbocycles. The summed E-state index contributed by atoms with van der Waals surface area (Å²) in [5.74, 6) is -1.17. The minimum absolute atomic E-state index is 0.0847. The average molecular weight is 412 g/mol. The van der Waals surface area contributed by atoms with Crippen molar-refractivity contribution in [3.63, 3.8) is 0 Å². The maximum absolute atomic E-state index is 12.3. The van der Waals surface area contributed by atoms with Crippen molar-refractivity contribution in [1.29, 1.82) is 0 Å². The number of carbonyl (C=O) groups is 4. The summed E-state index contributed by atoms with van der Waals surface area (Å²) in [6, 6.07) is 11.2. The Balaban J connectivity index is 1.50. The lowest BCUT2D eigenvalue weighted by Gasteiger charge is -2.18. The molecule has 2 aromatic carbocycles. The summed E-state index contributed by atoms with van der Waals surface area (Å²) in [5, 5.41) is 5.04. The highest BCUT2D eigenvalue weighted by Gasteiger charge is 2.19. The van der Waals surface area contributed by atoms with Crippen molar-refractivity contribution in [3.05, 3.63) is 53.6 Å². The zero-order valence-electron chi connectivity index (χ0n) is 16.2. The van der Waals surface area contributed by atoms with Gasteiger partial charge in [-0.3, -0.25) is 19.2 Å². The van der Waals surface area contributed by atoms with Gasteiger partial charge in [-0.15, -0.1) is 0 Å². The first-order chi connectivity index (χ1) is 14.5. The standard InChI is InChI=1S/C21H20N2O7/c1-2-28-17-6-4-3-5-14(17)21(27)22-10-20(26)30-11-16(24)13-7-8-18-15(9-13)23-19(25)12-29-18/h3-9H,2,10-12H2,1H3,(H,22,27)(H,23,25). The van der Waals surface area contributed by atoms with E-state index in [-0.39, 0.29) is 18.1 Å². The maximum Gasteiger partial charge on any atom is 0.325 e. The lowest BCUT2D eigenvalue weighted by Crippen LogP contribution is -2.31. The van der Waals surface area contributed by atoms with Gasteiger partial charge in [0.15, 0.2) is 19.0 Å². The maximum atomic E-state index is 12.3. The minimum atomic E-state index is -0.764. The molecule has 0 radical (unpaired) electrons. The molecule has 0 unspecified atom stereocenters. The highest BCUT2D eigenvalue weighted by molar-refractivity contribution is 6.02. The second-order valence-corrected chi connectivity index (χ2v) is 6.24. The van der Waals surface area contributed by atoms with E-state index in [1.54, 1.807) is 37.3 Å². The van der Waals surface area contributed by atoms with Crippen LogP contribution in [0.25, 0.3) is 0 Å². The summed E-state index contributed by atoms with van der Waals surface area (Å²) < 4.78 is 15.5. The third kappa shape index (κ3) is 5.13. The van der Waals surface area contributed by atoms with E-state index in [1.165, 1.54) is 12.1 Å². The number of amides is 2. The van der Waals surface area contributed by atoms with Gasteiger partial charge in [-0.1, -0.05) is 12.1 Å². The molecule has 3 rings (SSSR count). The molecule has 0 fully saturated rings. The van der Waals surface area contributed by atoms with Crippen molar-refractivity contribution < 1.29 is 33.4 Å². The molecule has 2 aromatic rings. The monoisotopic (exact) mass is 412 g/mol. The van der Waals surface area contributed by atoms with Gasteiger partial charge in [0.1, 0.15) is 18.0 Å². The SMILES string of the molecule is CCOc1ccccc1C(=O)NCC(=O)OCC(=O)c1ccc2c(c1)NC(=O)CO2. The highest BCUT2D eigenvalue weighted by Crippen LogP contribution is 2.28. The highest BCUT2D eigenvalue weighted by atomic mass is 16.5. The fraction of sp³-hybridized carbons (Fsp3) is 0.238. The van der Waals surface area contributed by atoms with Crippen molar-refractivity contribution in [3.8, 4) is 11.5 Å². The number of esters is 1. The molecule has 1 heterocycles. The van der Waals surface area contributed by atoms with Crippen LogP contribution in [-0.2, 0) is 14.3 Å². The molecule has 156 valence electrons. The number of para-hydroxylation sites is 1. The quantitative estimate of drug-likeness (QED) is 0.499. The molecule has 2 N–H and O–H groups in total. The molecule has 0 aromatic heterocycles. The second-order valence-electron chi connectivity index (χ2n) is 6.24. The predicted octanol–water partition coefficient (Wildman–Crippen LogP) is 1.57. The van der Waals surface area contributed by atoms with E-state index in [0.717, 1.165) is 0 Å². The van der Waals surface area contributed by atoms with E-state index in [0.29, 0.717) is 29.4 Å². The number of ether oxygens (including phenoxy) is 3. The van der Waals surface area contributed by atoms with Crippen LogP contribution < -0.4 is 20.1 Å². The zero-order valence-corrected chi connectivity index (χ0v) is 16.2. The van der Waals surface area contributed by atoms with Crippen molar-refractivity contribution in [2.45, 2.75) is 6.92 Å². The lowest BCUT2D eigenvalue weighted by molar-refractivity contribution is -0.141. The Morgan fingerprint density at radius 1 is 1.17 bits per heavy atom. The Morgan fingerprint density at radius 2 is 1.97 bits per heavy atom. The van der Waals surface area contributed by atoms with Crippen LogP contribution in [0.1, 0.15) is 27.6 Å². The number of nitrogens with one attached hydrogen (secondary N) is 2. The molecule has 0 spiro atoms. The average Bonchev–Trinajstić information content (AvgIpc) is 2.75. The van der Waals surface area contributed by atoms with Crippen LogP contribution in [0.5, 0.6) is 11.5 Å². The number of rotatable bonds is 8. The topological polar surface area (TPSA) is 120 Å². The van der Waals surface area contributed by atoms with E-state index in [1.807, 2.05) is 0 Å². The van der Waals surface area contributed by atoms with E-state index in [2.05, 4.69) is 10.6 Å². The van der Waals surface area contributed by atoms with Gasteiger partial charge in [-0.25, -0.2) is 0 Å². The second kappa shape index (κ2) is 9.55. The van der Waals surface area contributed by atoms with Crippen LogP contribution in [0.15, 0.2) is 42.5 Å². The number of anilines is 1. The molecule has 0 aliphatic carbocycles. The fourth-order valence-electron chi connectivity index (χ4n) is 2.72. The molecule has 9 nitrogen and oxygen atoms in total. The normalized spacial score (nSPS) is 12.1. The first kappa shape index (κ1) is 20.8. The molecule has 0 saturated heterocycles. The van der Waals surface area contributed by atoms with E-state index in [9.17, 15) is 19.2 Å². The van der Waals surface area contributed by atoms with E-state index >= 15 is 0 Å². The van der Waals surface area contributed by atoms with Gasteiger partial charge < -0.3 is 24.8 Å². The molecule has 9 heteroatoms. The number of hydrogen-bond acceptors (Lipinski definition) is 7. The molecule has 1 aliphatic rings. The van der Waals surface area contributed by atoms with Gasteiger partial charge in [-0.2, -0.15) is 0 Å². The van der Waals surface area contributed by atoms with Crippen molar-refractivity contribution >= 4 is 29.3 Å². The van der Waals surface area contributed by atoms with Crippen molar-refractivity contribution in [2.24, 2.45) is 0 Å². The minimum Gasteiger partial charge on any atom is -0.493 e. The largest absolute Gasteiger partial charge is 0.493 e. The molecule has 1 aliphatic heterocycles. The number of hydrogen-bond donors (Lipinski definition) is 2. The van der Waals surface area contributed by atoms with Crippen LogP contribution in [0.3, 0.4) is 0 Å². The van der Waals surface area contributed by atoms with Crippen LogP contribution in [0, 0.1) is 0 Å².